The Hall–Kier alpha value is -2.52. The van der Waals surface area contributed by atoms with Crippen LogP contribution in [-0.4, -0.2) is 43.1 Å². The van der Waals surface area contributed by atoms with Crippen molar-refractivity contribution in [2.24, 2.45) is 5.73 Å². The van der Waals surface area contributed by atoms with Crippen LogP contribution in [0.4, 0.5) is 0 Å². The van der Waals surface area contributed by atoms with E-state index in [1.54, 1.807) is 6.92 Å². The van der Waals surface area contributed by atoms with Crippen molar-refractivity contribution in [3.05, 3.63) is 23.0 Å². The van der Waals surface area contributed by atoms with Crippen LogP contribution in [0.3, 0.4) is 0 Å². The Morgan fingerprint density at radius 2 is 1.86 bits per heavy atom. The van der Waals surface area contributed by atoms with Gasteiger partial charge in [-0.25, -0.2) is 4.79 Å². The van der Waals surface area contributed by atoms with Crippen LogP contribution in [-0.2, 0) is 27.5 Å². The van der Waals surface area contributed by atoms with Gasteiger partial charge in [-0.2, -0.15) is 0 Å². The monoisotopic (exact) mass is 300 g/mol. The van der Waals surface area contributed by atoms with Crippen molar-refractivity contribution < 1.29 is 34.8 Å². The fourth-order valence-electron chi connectivity index (χ4n) is 1.26. The van der Waals surface area contributed by atoms with Crippen LogP contribution in [0.15, 0.2) is 6.20 Å². The van der Waals surface area contributed by atoms with Crippen LogP contribution in [0, 0.1) is 6.92 Å². The number of aromatic hydroxyl groups is 1. The summed E-state index contributed by atoms with van der Waals surface area (Å²) in [6.45, 7) is 1.76. The highest BCUT2D eigenvalue weighted by molar-refractivity contribution is 6.35. The van der Waals surface area contributed by atoms with Crippen LogP contribution < -0.4 is 5.73 Å². The van der Waals surface area contributed by atoms with Gasteiger partial charge in [0.2, 0.25) is 0 Å². The number of hydrogen-bond donors (Lipinski definition) is 5. The predicted octanol–water partition coefficient (Wildman–Crippen LogP) is -0.839. The van der Waals surface area contributed by atoms with Crippen LogP contribution in [0.25, 0.3) is 0 Å². The Bertz CT molecular complexity index is 543. The summed E-state index contributed by atoms with van der Waals surface area (Å²) < 4.78 is 0. The molecular weight excluding hydrogens is 284 g/mol. The summed E-state index contributed by atoms with van der Waals surface area (Å²) in [7, 11) is 0. The largest absolute Gasteiger partial charge is 0.506 e. The molecule has 0 saturated carbocycles. The fourth-order valence-corrected chi connectivity index (χ4v) is 1.26. The van der Waals surface area contributed by atoms with E-state index in [0.29, 0.717) is 16.8 Å². The maximum absolute atomic E-state index is 9.97. The predicted molar refractivity (Wildman–Crippen MR) is 69.3 cm³/mol. The number of aromatic nitrogens is 1. The van der Waals surface area contributed by atoms with E-state index in [1.165, 1.54) is 6.20 Å². The lowest BCUT2D eigenvalue weighted by Crippen LogP contribution is -2.16. The van der Waals surface area contributed by atoms with E-state index in [4.69, 9.17) is 21.1 Å². The first-order valence-electron chi connectivity index (χ1n) is 5.69. The number of ketones is 1. The topological polar surface area (TPSA) is 171 Å². The summed E-state index contributed by atoms with van der Waals surface area (Å²) in [6.07, 6.45) is 0.576. The van der Waals surface area contributed by atoms with Gasteiger partial charge in [-0.1, -0.05) is 0 Å². The van der Waals surface area contributed by atoms with Gasteiger partial charge in [0.05, 0.1) is 12.3 Å². The Morgan fingerprint density at radius 3 is 2.19 bits per heavy atom. The van der Waals surface area contributed by atoms with E-state index in [1.807, 2.05) is 0 Å². The standard InChI is InChI=1S/C8H12N2O2.C4H4O5/c1-5-8(12)7(2-9)6(4-11)3-10-5;5-2(4(8)9)1-3(6)7/h3,11-12H,2,4,9H2,1H3;1H2,(H,6,7)(H,8,9). The summed E-state index contributed by atoms with van der Waals surface area (Å²) in [5.74, 6) is -4.36. The zero-order valence-electron chi connectivity index (χ0n) is 11.2. The van der Waals surface area contributed by atoms with Gasteiger partial charge in [0.25, 0.3) is 5.78 Å². The first kappa shape index (κ1) is 18.5. The van der Waals surface area contributed by atoms with Crippen LogP contribution in [0.1, 0.15) is 23.2 Å². The third kappa shape index (κ3) is 5.97. The lowest BCUT2D eigenvalue weighted by Gasteiger charge is -2.08. The molecule has 116 valence electrons. The first-order valence-corrected chi connectivity index (χ1v) is 5.69. The molecule has 0 saturated heterocycles. The van der Waals surface area contributed by atoms with Crippen LogP contribution in [0.5, 0.6) is 5.75 Å². The summed E-state index contributed by atoms with van der Waals surface area (Å²) in [5.41, 5.74) is 7.09. The van der Waals surface area contributed by atoms with Crippen molar-refractivity contribution >= 4 is 17.7 Å². The van der Waals surface area contributed by atoms with Gasteiger partial charge in [0.1, 0.15) is 12.2 Å². The average Bonchev–Trinajstić information content (AvgIpc) is 2.41. The number of aliphatic hydroxyl groups excluding tert-OH is 1. The van der Waals surface area contributed by atoms with Crippen molar-refractivity contribution in [1.82, 2.24) is 4.98 Å². The number of nitrogens with two attached hydrogens (primary N) is 1. The summed E-state index contributed by atoms with van der Waals surface area (Å²) in [6, 6.07) is 0. The van der Waals surface area contributed by atoms with E-state index in [0.717, 1.165) is 0 Å². The highest BCUT2D eigenvalue weighted by atomic mass is 16.4. The SMILES string of the molecule is Cc1ncc(CO)c(CN)c1O.O=C(O)CC(=O)C(=O)O. The molecule has 0 aliphatic rings. The minimum atomic E-state index is -1.71. The zero-order valence-corrected chi connectivity index (χ0v) is 11.2. The average molecular weight is 300 g/mol. The molecular formula is C12H16N2O7. The smallest absolute Gasteiger partial charge is 0.372 e. The van der Waals surface area contributed by atoms with E-state index < -0.39 is 24.1 Å². The maximum atomic E-state index is 9.97. The molecule has 0 aliphatic heterocycles. The Balaban J connectivity index is 0.000000400. The van der Waals surface area contributed by atoms with Crippen molar-refractivity contribution in [3.63, 3.8) is 0 Å². The molecule has 9 nitrogen and oxygen atoms in total. The highest BCUT2D eigenvalue weighted by Gasteiger charge is 2.14. The molecule has 0 amide bonds. The van der Waals surface area contributed by atoms with Crippen molar-refractivity contribution in [2.45, 2.75) is 26.5 Å². The number of carbonyl (C=O) groups excluding carboxylic acids is 1. The minimum Gasteiger partial charge on any atom is -0.506 e. The summed E-state index contributed by atoms with van der Waals surface area (Å²) >= 11 is 0. The molecule has 0 bridgehead atoms. The number of pyridine rings is 1. The third-order valence-electron chi connectivity index (χ3n) is 2.35. The maximum Gasteiger partial charge on any atom is 0.372 e. The molecule has 0 spiro atoms. The zero-order chi connectivity index (χ0) is 16.6. The first-order chi connectivity index (χ1) is 9.74. The lowest BCUT2D eigenvalue weighted by molar-refractivity contribution is -0.152. The number of Topliss-reactive ketones (excluding diaryl/α,β-unsaturated/α-hetero) is 1. The molecule has 1 rings (SSSR count). The normalized spacial score (nSPS) is 9.48. The molecule has 0 unspecified atom stereocenters. The van der Waals surface area contributed by atoms with Gasteiger partial charge in [-0.3, -0.25) is 14.6 Å². The molecule has 6 N–H and O–H groups in total. The van der Waals surface area contributed by atoms with E-state index >= 15 is 0 Å². The van der Waals surface area contributed by atoms with Gasteiger partial charge >= 0.3 is 11.9 Å². The van der Waals surface area contributed by atoms with E-state index in [-0.39, 0.29) is 18.9 Å². The number of hydrogen-bond acceptors (Lipinski definition) is 7. The van der Waals surface area contributed by atoms with E-state index in [2.05, 4.69) is 4.98 Å². The van der Waals surface area contributed by atoms with Gasteiger partial charge < -0.3 is 26.2 Å². The second-order valence-corrected chi connectivity index (χ2v) is 3.86. The molecule has 0 aromatic carbocycles. The number of aliphatic carboxylic acids is 2. The highest BCUT2D eigenvalue weighted by Crippen LogP contribution is 2.22. The summed E-state index contributed by atoms with van der Waals surface area (Å²) in [4.78, 5) is 33.1. The van der Waals surface area contributed by atoms with Gasteiger partial charge in [-0.15, -0.1) is 0 Å². The number of carbonyl (C=O) groups is 3. The lowest BCUT2D eigenvalue weighted by atomic mass is 10.1. The Kier molecular flexibility index (Phi) is 7.58. The molecule has 0 radical (unpaired) electrons. The van der Waals surface area contributed by atoms with Gasteiger partial charge in [0, 0.05) is 23.9 Å². The van der Waals surface area contributed by atoms with Gasteiger partial charge in [-0.05, 0) is 6.92 Å². The number of aliphatic hydroxyl groups is 1. The molecule has 0 aliphatic carbocycles. The Labute approximate surface area is 119 Å². The van der Waals surface area contributed by atoms with Crippen LogP contribution >= 0.6 is 0 Å². The second-order valence-electron chi connectivity index (χ2n) is 3.86. The molecule has 0 atom stereocenters. The molecule has 1 aromatic heterocycles. The number of rotatable bonds is 5. The van der Waals surface area contributed by atoms with Gasteiger partial charge in [0.15, 0.2) is 0 Å². The number of nitrogens with zero attached hydrogens (tertiary/aromatic N) is 1. The van der Waals surface area contributed by atoms with Crippen molar-refractivity contribution in [3.8, 4) is 5.75 Å². The molecule has 21 heavy (non-hydrogen) atoms. The number of aryl methyl sites for hydroxylation is 1. The Morgan fingerprint density at radius 1 is 1.29 bits per heavy atom. The van der Waals surface area contributed by atoms with Crippen molar-refractivity contribution in [2.75, 3.05) is 0 Å². The molecule has 0 fully saturated rings. The van der Waals surface area contributed by atoms with E-state index in [9.17, 15) is 19.5 Å². The summed E-state index contributed by atoms with van der Waals surface area (Å²) in [5, 5.41) is 34.0. The number of carboxylic acid groups (broad SMARTS) is 2. The van der Waals surface area contributed by atoms with Crippen LogP contribution in [0.2, 0.25) is 0 Å². The number of carboxylic acids is 2. The minimum absolute atomic E-state index is 0.0871. The molecule has 1 aromatic rings. The third-order valence-corrected chi connectivity index (χ3v) is 2.35. The molecule has 1 heterocycles. The molecule has 9 heteroatoms. The fraction of sp³-hybridized carbons (Fsp3) is 0.333. The quantitative estimate of drug-likeness (QED) is 0.343. The van der Waals surface area contributed by atoms with Crippen molar-refractivity contribution in [1.29, 1.82) is 0 Å². The second kappa shape index (κ2) is 8.61.